The van der Waals surface area contributed by atoms with Gasteiger partial charge >= 0.3 is 0 Å². The third kappa shape index (κ3) is 3.65. The van der Waals surface area contributed by atoms with Crippen LogP contribution < -0.4 is 9.03 Å². The second-order valence-electron chi connectivity index (χ2n) is 5.92. The van der Waals surface area contributed by atoms with Gasteiger partial charge in [-0.25, -0.2) is 21.2 Å². The first-order valence-electron chi connectivity index (χ1n) is 7.69. The van der Waals surface area contributed by atoms with E-state index < -0.39 is 25.9 Å². The predicted octanol–water partition coefficient (Wildman–Crippen LogP) is 3.13. The molecule has 0 aromatic heterocycles. The summed E-state index contributed by atoms with van der Waals surface area (Å²) >= 11 is 6.10. The fourth-order valence-electron chi connectivity index (χ4n) is 2.68. The standard InChI is InChI=1S/C16H16ClFN2O4S2/c1-11-9-13(4-6-15(11)18)26(23,24)19-12-3-5-14(17)16(10-12)20-7-2-8-25(20,21)22/h3-6,9-10,19H,2,7-8H2,1H3. The van der Waals surface area contributed by atoms with Gasteiger partial charge in [0.2, 0.25) is 10.0 Å². The minimum atomic E-state index is -3.96. The van der Waals surface area contributed by atoms with Gasteiger partial charge in [0.1, 0.15) is 5.82 Å². The van der Waals surface area contributed by atoms with E-state index >= 15 is 0 Å². The van der Waals surface area contributed by atoms with E-state index in [1.54, 1.807) is 0 Å². The summed E-state index contributed by atoms with van der Waals surface area (Å²) in [7, 11) is -7.42. The lowest BCUT2D eigenvalue weighted by atomic mass is 10.2. The minimum absolute atomic E-state index is 0.0220. The van der Waals surface area contributed by atoms with Gasteiger partial charge in [0.05, 0.1) is 27.0 Å². The summed E-state index contributed by atoms with van der Waals surface area (Å²) in [6, 6.07) is 7.69. The van der Waals surface area contributed by atoms with E-state index in [-0.39, 0.29) is 39.2 Å². The number of halogens is 2. The Labute approximate surface area is 156 Å². The van der Waals surface area contributed by atoms with Gasteiger partial charge in [0.25, 0.3) is 10.0 Å². The van der Waals surface area contributed by atoms with E-state index in [1.807, 2.05) is 0 Å². The van der Waals surface area contributed by atoms with Crippen LogP contribution in [0.15, 0.2) is 41.3 Å². The zero-order valence-corrected chi connectivity index (χ0v) is 16.1. The molecule has 1 fully saturated rings. The van der Waals surface area contributed by atoms with Crippen molar-refractivity contribution in [3.8, 4) is 0 Å². The molecule has 2 aromatic carbocycles. The SMILES string of the molecule is Cc1cc(S(=O)(=O)Nc2ccc(Cl)c(N3CCCS3(=O)=O)c2)ccc1F. The van der Waals surface area contributed by atoms with E-state index in [0.717, 1.165) is 12.1 Å². The first kappa shape index (κ1) is 18.9. The summed E-state index contributed by atoms with van der Waals surface area (Å²) in [5.74, 6) is -0.481. The van der Waals surface area contributed by atoms with Crippen LogP contribution in [0.5, 0.6) is 0 Å². The van der Waals surface area contributed by atoms with Gasteiger partial charge in [-0.3, -0.25) is 9.03 Å². The Hall–Kier alpha value is -1.84. The van der Waals surface area contributed by atoms with Crippen LogP contribution in [-0.4, -0.2) is 29.1 Å². The summed E-state index contributed by atoms with van der Waals surface area (Å²) in [4.78, 5) is -0.0957. The van der Waals surface area contributed by atoms with Gasteiger partial charge in [-0.1, -0.05) is 11.6 Å². The van der Waals surface area contributed by atoms with Gasteiger partial charge in [0.15, 0.2) is 0 Å². The van der Waals surface area contributed by atoms with Crippen molar-refractivity contribution in [1.29, 1.82) is 0 Å². The molecule has 140 valence electrons. The van der Waals surface area contributed by atoms with E-state index in [9.17, 15) is 21.2 Å². The summed E-state index contributed by atoms with van der Waals surface area (Å²) in [6.07, 6.45) is 0.476. The molecule has 10 heteroatoms. The van der Waals surface area contributed by atoms with E-state index in [4.69, 9.17) is 11.6 Å². The first-order valence-corrected chi connectivity index (χ1v) is 11.2. The van der Waals surface area contributed by atoms with Gasteiger partial charge < -0.3 is 0 Å². The smallest absolute Gasteiger partial charge is 0.261 e. The summed E-state index contributed by atoms with van der Waals surface area (Å²) in [6.45, 7) is 1.75. The minimum Gasteiger partial charge on any atom is -0.280 e. The Kier molecular flexibility index (Phi) is 4.89. The number of aryl methyl sites for hydroxylation is 1. The Bertz CT molecular complexity index is 1070. The van der Waals surface area contributed by atoms with Crippen molar-refractivity contribution in [2.75, 3.05) is 21.3 Å². The van der Waals surface area contributed by atoms with Crippen LogP contribution in [-0.2, 0) is 20.0 Å². The van der Waals surface area contributed by atoms with Crippen LogP contribution in [0.1, 0.15) is 12.0 Å². The normalized spacial score (nSPS) is 16.7. The molecule has 0 atom stereocenters. The highest BCUT2D eigenvalue weighted by molar-refractivity contribution is 7.93. The largest absolute Gasteiger partial charge is 0.280 e. The average molecular weight is 419 g/mol. The Morgan fingerprint density at radius 3 is 2.54 bits per heavy atom. The number of sulfonamides is 2. The monoisotopic (exact) mass is 418 g/mol. The highest BCUT2D eigenvalue weighted by Gasteiger charge is 2.30. The van der Waals surface area contributed by atoms with Gasteiger partial charge in [-0.15, -0.1) is 0 Å². The highest BCUT2D eigenvalue weighted by atomic mass is 35.5. The van der Waals surface area contributed by atoms with Crippen molar-refractivity contribution in [2.24, 2.45) is 0 Å². The molecular formula is C16H16ClFN2O4S2. The molecule has 1 saturated heterocycles. The van der Waals surface area contributed by atoms with Crippen LogP contribution >= 0.6 is 11.6 Å². The zero-order valence-electron chi connectivity index (χ0n) is 13.7. The molecule has 2 aromatic rings. The number of nitrogens with zero attached hydrogens (tertiary/aromatic N) is 1. The van der Waals surface area contributed by atoms with Gasteiger partial charge in [-0.05, 0) is 55.3 Å². The zero-order chi connectivity index (χ0) is 19.1. The number of rotatable bonds is 4. The number of benzene rings is 2. The first-order chi connectivity index (χ1) is 12.1. The maximum absolute atomic E-state index is 13.4. The van der Waals surface area contributed by atoms with Crippen LogP contribution in [0.2, 0.25) is 5.02 Å². The third-order valence-electron chi connectivity index (χ3n) is 4.01. The molecule has 1 aliphatic heterocycles. The van der Waals surface area contributed by atoms with Crippen molar-refractivity contribution in [3.05, 3.63) is 52.8 Å². The summed E-state index contributed by atoms with van der Waals surface area (Å²) in [5, 5.41) is 0.205. The Morgan fingerprint density at radius 1 is 1.19 bits per heavy atom. The molecule has 0 aliphatic carbocycles. The third-order valence-corrected chi connectivity index (χ3v) is 7.56. The fourth-order valence-corrected chi connectivity index (χ4v) is 5.65. The summed E-state index contributed by atoms with van der Waals surface area (Å²) < 4.78 is 66.1. The predicted molar refractivity (Wildman–Crippen MR) is 99.1 cm³/mol. The topological polar surface area (TPSA) is 83.6 Å². The molecule has 0 bridgehead atoms. The maximum atomic E-state index is 13.4. The van der Waals surface area contributed by atoms with E-state index in [0.29, 0.717) is 6.42 Å². The molecule has 3 rings (SSSR count). The lowest BCUT2D eigenvalue weighted by Crippen LogP contribution is -2.25. The maximum Gasteiger partial charge on any atom is 0.261 e. The number of hydrogen-bond acceptors (Lipinski definition) is 4. The number of nitrogens with one attached hydrogen (secondary N) is 1. The highest BCUT2D eigenvalue weighted by Crippen LogP contribution is 2.34. The van der Waals surface area contributed by atoms with Crippen LogP contribution in [0.25, 0.3) is 0 Å². The second kappa shape index (κ2) is 6.71. The molecule has 0 unspecified atom stereocenters. The van der Waals surface area contributed by atoms with Crippen molar-refractivity contribution in [1.82, 2.24) is 0 Å². The molecule has 0 saturated carbocycles. The molecule has 0 amide bonds. The molecule has 0 spiro atoms. The van der Waals surface area contributed by atoms with Crippen LogP contribution in [0, 0.1) is 12.7 Å². The molecule has 1 heterocycles. The Balaban J connectivity index is 1.95. The van der Waals surface area contributed by atoms with Crippen LogP contribution in [0.4, 0.5) is 15.8 Å². The van der Waals surface area contributed by atoms with E-state index in [2.05, 4.69) is 4.72 Å². The fraction of sp³-hybridized carbons (Fsp3) is 0.250. The van der Waals surface area contributed by atoms with E-state index in [1.165, 1.54) is 35.5 Å². The van der Waals surface area contributed by atoms with Gasteiger partial charge in [0, 0.05) is 6.54 Å². The Morgan fingerprint density at radius 2 is 1.92 bits per heavy atom. The second-order valence-corrected chi connectivity index (χ2v) is 10.0. The molecule has 6 nitrogen and oxygen atoms in total. The van der Waals surface area contributed by atoms with Crippen molar-refractivity contribution in [2.45, 2.75) is 18.2 Å². The summed E-state index contributed by atoms with van der Waals surface area (Å²) in [5.41, 5.74) is 0.584. The molecular weight excluding hydrogens is 403 g/mol. The molecule has 0 radical (unpaired) electrons. The lowest BCUT2D eigenvalue weighted by molar-refractivity contribution is 0.597. The van der Waals surface area contributed by atoms with Crippen LogP contribution in [0.3, 0.4) is 0 Å². The molecule has 1 N–H and O–H groups in total. The van der Waals surface area contributed by atoms with Crippen molar-refractivity contribution >= 4 is 43.0 Å². The van der Waals surface area contributed by atoms with Crippen molar-refractivity contribution in [3.63, 3.8) is 0 Å². The van der Waals surface area contributed by atoms with Gasteiger partial charge in [-0.2, -0.15) is 0 Å². The number of hydrogen-bond donors (Lipinski definition) is 1. The lowest BCUT2D eigenvalue weighted by Gasteiger charge is -2.19. The van der Waals surface area contributed by atoms with Crippen molar-refractivity contribution < 1.29 is 21.2 Å². The quantitative estimate of drug-likeness (QED) is 0.826. The molecule has 26 heavy (non-hydrogen) atoms. The molecule has 1 aliphatic rings. The number of anilines is 2. The average Bonchev–Trinajstić information content (AvgIpc) is 2.90.